The standard InChI is InChI=1S/C20H14F2N2O3/c1-11-15(14-4-2-3-5-16(14)23-11)10-17-19(25)27-18(24-17)12-6-8-13(9-7-12)26-20(21)22/h2-10,20,25H,1H3/b15-10-. The molecule has 3 aromatic rings. The number of hydrogen-bond acceptors (Lipinski definition) is 5. The molecule has 0 amide bonds. The minimum Gasteiger partial charge on any atom is -0.479 e. The second-order valence-electron chi connectivity index (χ2n) is 5.88. The van der Waals surface area contributed by atoms with Gasteiger partial charge in [-0.3, -0.25) is 4.99 Å². The monoisotopic (exact) mass is 368 g/mol. The number of oxazole rings is 1. The number of hydrogen-bond donors (Lipinski definition) is 1. The minimum absolute atomic E-state index is 0.0290. The Balaban J connectivity index is 1.66. The average molecular weight is 368 g/mol. The van der Waals surface area contributed by atoms with Crippen LogP contribution in [0, 0.1) is 0 Å². The second kappa shape index (κ2) is 6.68. The van der Waals surface area contributed by atoms with Gasteiger partial charge in [0.1, 0.15) is 11.4 Å². The molecular formula is C20H14F2N2O3. The van der Waals surface area contributed by atoms with Crippen LogP contribution in [0.1, 0.15) is 18.2 Å². The molecule has 5 nitrogen and oxygen atoms in total. The maximum absolute atomic E-state index is 12.2. The summed E-state index contributed by atoms with van der Waals surface area (Å²) in [6.07, 6.45) is 1.71. The van der Waals surface area contributed by atoms with Gasteiger partial charge in [0, 0.05) is 22.4 Å². The zero-order valence-corrected chi connectivity index (χ0v) is 14.2. The van der Waals surface area contributed by atoms with E-state index in [-0.39, 0.29) is 23.3 Å². The number of halogens is 2. The van der Waals surface area contributed by atoms with Gasteiger partial charge in [-0.05, 0) is 43.3 Å². The Labute approximate surface area is 153 Å². The lowest BCUT2D eigenvalue weighted by atomic mass is 10.0. The Kier molecular flexibility index (Phi) is 4.19. The lowest BCUT2D eigenvalue weighted by Crippen LogP contribution is -2.01. The molecule has 0 saturated carbocycles. The van der Waals surface area contributed by atoms with Crippen molar-refractivity contribution in [2.75, 3.05) is 0 Å². The molecule has 0 unspecified atom stereocenters. The van der Waals surface area contributed by atoms with Gasteiger partial charge in [0.15, 0.2) is 0 Å². The predicted molar refractivity (Wildman–Crippen MR) is 97.3 cm³/mol. The van der Waals surface area contributed by atoms with Crippen molar-refractivity contribution in [2.45, 2.75) is 13.5 Å². The average Bonchev–Trinajstić information content (AvgIpc) is 3.16. The van der Waals surface area contributed by atoms with E-state index in [4.69, 9.17) is 4.42 Å². The van der Waals surface area contributed by atoms with Crippen LogP contribution in [-0.2, 0) is 0 Å². The van der Waals surface area contributed by atoms with Crippen molar-refractivity contribution in [1.29, 1.82) is 0 Å². The Bertz CT molecular complexity index is 1050. The number of rotatable bonds is 4. The van der Waals surface area contributed by atoms with Gasteiger partial charge >= 0.3 is 12.6 Å². The topological polar surface area (TPSA) is 67.9 Å². The Morgan fingerprint density at radius 2 is 1.85 bits per heavy atom. The zero-order valence-electron chi connectivity index (χ0n) is 14.2. The molecule has 1 aromatic heterocycles. The molecule has 27 heavy (non-hydrogen) atoms. The van der Waals surface area contributed by atoms with E-state index in [2.05, 4.69) is 14.7 Å². The number of nitrogens with zero attached hydrogens (tertiary/aromatic N) is 2. The number of aromatic nitrogens is 1. The summed E-state index contributed by atoms with van der Waals surface area (Å²) in [5.74, 6) is -0.132. The maximum Gasteiger partial charge on any atom is 0.387 e. The number of benzene rings is 2. The third-order valence-corrected chi connectivity index (χ3v) is 4.11. The number of aliphatic imine (C=N–C) groups is 1. The molecule has 0 fully saturated rings. The van der Waals surface area contributed by atoms with Crippen LogP contribution in [0.4, 0.5) is 14.5 Å². The fourth-order valence-corrected chi connectivity index (χ4v) is 2.87. The summed E-state index contributed by atoms with van der Waals surface area (Å²) in [6, 6.07) is 13.5. The molecule has 4 rings (SSSR count). The predicted octanol–water partition coefficient (Wildman–Crippen LogP) is 5.30. The first-order valence-electron chi connectivity index (χ1n) is 8.13. The molecule has 0 aliphatic carbocycles. The van der Waals surface area contributed by atoms with Gasteiger partial charge in [0.25, 0.3) is 0 Å². The Morgan fingerprint density at radius 3 is 2.59 bits per heavy atom. The fourth-order valence-electron chi connectivity index (χ4n) is 2.87. The van der Waals surface area contributed by atoms with Crippen molar-refractivity contribution >= 4 is 23.0 Å². The van der Waals surface area contributed by atoms with E-state index >= 15 is 0 Å². The van der Waals surface area contributed by atoms with Crippen molar-refractivity contribution in [3.8, 4) is 23.1 Å². The highest BCUT2D eigenvalue weighted by Crippen LogP contribution is 2.37. The van der Waals surface area contributed by atoms with Crippen molar-refractivity contribution in [3.63, 3.8) is 0 Å². The van der Waals surface area contributed by atoms with Gasteiger partial charge in [-0.2, -0.15) is 8.78 Å². The summed E-state index contributed by atoms with van der Waals surface area (Å²) < 4.78 is 34.1. The van der Waals surface area contributed by atoms with Gasteiger partial charge in [-0.15, -0.1) is 0 Å². The molecule has 0 atom stereocenters. The zero-order chi connectivity index (χ0) is 19.0. The van der Waals surface area contributed by atoms with Crippen LogP contribution in [0.2, 0.25) is 0 Å². The first kappa shape index (κ1) is 17.0. The molecule has 7 heteroatoms. The molecule has 2 aromatic carbocycles. The molecular weight excluding hydrogens is 354 g/mol. The van der Waals surface area contributed by atoms with Crippen LogP contribution in [0.5, 0.6) is 11.7 Å². The number of allylic oxidation sites excluding steroid dienone is 1. The van der Waals surface area contributed by atoms with Crippen LogP contribution < -0.4 is 4.74 Å². The molecule has 0 bridgehead atoms. The van der Waals surface area contributed by atoms with Crippen molar-refractivity contribution in [3.05, 3.63) is 59.8 Å². The molecule has 1 N–H and O–H groups in total. The molecule has 2 heterocycles. The quantitative estimate of drug-likeness (QED) is 0.679. The Morgan fingerprint density at radius 1 is 1.11 bits per heavy atom. The fraction of sp³-hybridized carbons (Fsp3) is 0.100. The first-order valence-corrected chi connectivity index (χ1v) is 8.13. The molecule has 1 aliphatic heterocycles. The van der Waals surface area contributed by atoms with Gasteiger partial charge in [0.2, 0.25) is 5.89 Å². The van der Waals surface area contributed by atoms with E-state index in [9.17, 15) is 13.9 Å². The normalized spacial score (nSPS) is 14.5. The lowest BCUT2D eigenvalue weighted by Gasteiger charge is -2.03. The summed E-state index contributed by atoms with van der Waals surface area (Å²) >= 11 is 0. The van der Waals surface area contributed by atoms with E-state index < -0.39 is 6.61 Å². The van der Waals surface area contributed by atoms with E-state index in [0.717, 1.165) is 22.5 Å². The highest BCUT2D eigenvalue weighted by Gasteiger charge is 2.20. The molecule has 1 aliphatic rings. The van der Waals surface area contributed by atoms with E-state index in [0.29, 0.717) is 5.56 Å². The summed E-state index contributed by atoms with van der Waals surface area (Å²) in [5, 5.41) is 10.1. The van der Waals surface area contributed by atoms with Crippen molar-refractivity contribution < 1.29 is 23.0 Å². The van der Waals surface area contributed by atoms with E-state index in [1.54, 1.807) is 6.08 Å². The van der Waals surface area contributed by atoms with Crippen LogP contribution in [-0.4, -0.2) is 22.4 Å². The van der Waals surface area contributed by atoms with Gasteiger partial charge in [0.05, 0.1) is 5.69 Å². The largest absolute Gasteiger partial charge is 0.479 e. The molecule has 136 valence electrons. The van der Waals surface area contributed by atoms with Crippen LogP contribution in [0.15, 0.2) is 57.9 Å². The smallest absolute Gasteiger partial charge is 0.387 e. The number of alkyl halides is 2. The summed E-state index contributed by atoms with van der Waals surface area (Å²) in [7, 11) is 0. The second-order valence-corrected chi connectivity index (χ2v) is 5.88. The lowest BCUT2D eigenvalue weighted by molar-refractivity contribution is -0.0498. The third kappa shape index (κ3) is 3.31. The SMILES string of the molecule is CC1=Nc2ccccc2/C1=C\c1nc(-c2ccc(OC(F)F)cc2)oc1O. The van der Waals surface area contributed by atoms with Gasteiger partial charge in [-0.1, -0.05) is 18.2 Å². The summed E-state index contributed by atoms with van der Waals surface area (Å²) in [6.45, 7) is -1.01. The third-order valence-electron chi connectivity index (χ3n) is 4.11. The minimum atomic E-state index is -2.89. The molecule has 0 spiro atoms. The van der Waals surface area contributed by atoms with Crippen LogP contribution in [0.25, 0.3) is 23.1 Å². The number of para-hydroxylation sites is 1. The number of aromatic hydroxyl groups is 1. The number of fused-ring (bicyclic) bond motifs is 1. The Hall–Kier alpha value is -3.48. The maximum atomic E-state index is 12.2. The van der Waals surface area contributed by atoms with Crippen molar-refractivity contribution in [2.24, 2.45) is 4.99 Å². The molecule has 0 radical (unpaired) electrons. The highest BCUT2D eigenvalue weighted by molar-refractivity contribution is 6.31. The summed E-state index contributed by atoms with van der Waals surface area (Å²) in [5.41, 5.74) is 4.26. The van der Waals surface area contributed by atoms with Gasteiger partial charge in [-0.25, -0.2) is 4.98 Å². The van der Waals surface area contributed by atoms with Gasteiger partial charge < -0.3 is 14.3 Å². The highest BCUT2D eigenvalue weighted by atomic mass is 19.3. The van der Waals surface area contributed by atoms with Crippen LogP contribution in [0.3, 0.4) is 0 Å². The summed E-state index contributed by atoms with van der Waals surface area (Å²) in [4.78, 5) is 8.80. The first-order chi connectivity index (χ1) is 13.0. The van der Waals surface area contributed by atoms with E-state index in [1.165, 1.54) is 24.3 Å². The van der Waals surface area contributed by atoms with E-state index in [1.807, 2.05) is 31.2 Å². The molecule has 0 saturated heterocycles. The van der Waals surface area contributed by atoms with Crippen molar-refractivity contribution in [1.82, 2.24) is 4.98 Å². The van der Waals surface area contributed by atoms with Crippen LogP contribution >= 0.6 is 0 Å². The number of ether oxygens (including phenoxy) is 1.